The Labute approximate surface area is 157 Å². The second kappa shape index (κ2) is 6.97. The van der Waals surface area contributed by atoms with Crippen molar-refractivity contribution in [2.75, 3.05) is 11.9 Å². The lowest BCUT2D eigenvalue weighted by Crippen LogP contribution is -2.53. The summed E-state index contributed by atoms with van der Waals surface area (Å²) < 4.78 is 19.2. The molecule has 1 atom stereocenters. The minimum absolute atomic E-state index is 0.0419. The molecule has 3 amide bonds. The van der Waals surface area contributed by atoms with Crippen molar-refractivity contribution in [2.24, 2.45) is 5.73 Å². The van der Waals surface area contributed by atoms with Gasteiger partial charge in [0.2, 0.25) is 5.91 Å². The number of fused-ring (bicyclic) bond motifs is 1. The number of urea groups is 1. The number of hydrogen-bond acceptors (Lipinski definition) is 4. The molecule has 2 aromatic rings. The maximum Gasteiger partial charge on any atom is 0.312 e. The third-order valence-corrected chi connectivity index (χ3v) is 4.40. The van der Waals surface area contributed by atoms with E-state index >= 15 is 0 Å². The number of anilines is 1. The van der Waals surface area contributed by atoms with Crippen LogP contribution in [-0.4, -0.2) is 30.0 Å². The third kappa shape index (κ3) is 3.38. The van der Waals surface area contributed by atoms with Gasteiger partial charge in [0.15, 0.2) is 5.75 Å². The van der Waals surface area contributed by atoms with Crippen molar-refractivity contribution in [2.45, 2.75) is 12.5 Å². The Balaban J connectivity index is 2.05. The van der Waals surface area contributed by atoms with Crippen molar-refractivity contribution in [1.29, 1.82) is 0 Å². The number of pyridine rings is 1. The highest BCUT2D eigenvalue weighted by molar-refractivity contribution is 6.33. The molecule has 3 rings (SSSR count). The first-order chi connectivity index (χ1) is 12.3. The van der Waals surface area contributed by atoms with Gasteiger partial charge in [-0.1, -0.05) is 23.2 Å². The second-order valence-corrected chi connectivity index (χ2v) is 6.38. The fourth-order valence-electron chi connectivity index (χ4n) is 2.67. The van der Waals surface area contributed by atoms with Gasteiger partial charge in [-0.05, 0) is 12.1 Å². The number of nitrogens with one attached hydrogen (secondary N) is 1. The summed E-state index contributed by atoms with van der Waals surface area (Å²) >= 11 is 12.2. The van der Waals surface area contributed by atoms with Crippen LogP contribution in [0.15, 0.2) is 24.4 Å². The highest BCUT2D eigenvalue weighted by Gasteiger charge is 2.35. The number of carbonyl (C=O) groups is 2. The molecule has 26 heavy (non-hydrogen) atoms. The van der Waals surface area contributed by atoms with Gasteiger partial charge in [-0.3, -0.25) is 9.78 Å². The smallest absolute Gasteiger partial charge is 0.312 e. The topological polar surface area (TPSA) is 97.6 Å². The molecule has 1 aliphatic heterocycles. The van der Waals surface area contributed by atoms with Crippen LogP contribution in [0, 0.1) is 5.82 Å². The van der Waals surface area contributed by atoms with Gasteiger partial charge in [-0.2, -0.15) is 0 Å². The van der Waals surface area contributed by atoms with E-state index in [0.29, 0.717) is 11.4 Å². The van der Waals surface area contributed by atoms with Crippen LogP contribution in [0.3, 0.4) is 0 Å². The molecule has 1 aromatic carbocycles. The van der Waals surface area contributed by atoms with Crippen LogP contribution in [-0.2, 0) is 11.2 Å². The normalized spacial score (nSPS) is 16.2. The monoisotopic (exact) mass is 398 g/mol. The Kier molecular flexibility index (Phi) is 4.88. The lowest BCUT2D eigenvalue weighted by atomic mass is 10.0. The molecule has 2 heterocycles. The number of hydrogen-bond donors (Lipinski definition) is 2. The van der Waals surface area contributed by atoms with E-state index in [-0.39, 0.29) is 28.0 Å². The van der Waals surface area contributed by atoms with Crippen LogP contribution >= 0.6 is 23.2 Å². The molecule has 1 aliphatic rings. The SMILES string of the molecule is CN1C(=O)[C@H](NC(N)=O)Cc2ncc(Cl)c(Oc3cc(F)ccc3Cl)c21. The van der Waals surface area contributed by atoms with Crippen LogP contribution in [0.25, 0.3) is 0 Å². The summed E-state index contributed by atoms with van der Waals surface area (Å²) in [6.07, 6.45) is 1.44. The van der Waals surface area contributed by atoms with Crippen molar-refractivity contribution >= 4 is 40.8 Å². The summed E-state index contributed by atoms with van der Waals surface area (Å²) in [6, 6.07) is 1.96. The average Bonchev–Trinajstić information content (AvgIpc) is 2.57. The van der Waals surface area contributed by atoms with Gasteiger partial charge in [0.05, 0.1) is 10.7 Å². The molecule has 136 valence electrons. The number of nitrogens with zero attached hydrogens (tertiary/aromatic N) is 2. The number of amides is 3. The van der Waals surface area contributed by atoms with Gasteiger partial charge >= 0.3 is 6.03 Å². The molecule has 0 saturated heterocycles. The number of ether oxygens (including phenoxy) is 1. The number of rotatable bonds is 3. The second-order valence-electron chi connectivity index (χ2n) is 5.57. The Morgan fingerprint density at radius 3 is 2.85 bits per heavy atom. The Bertz CT molecular complexity index is 909. The first-order valence-corrected chi connectivity index (χ1v) is 8.17. The number of nitrogens with two attached hydrogens (primary N) is 1. The van der Waals surface area contributed by atoms with Crippen molar-refractivity contribution in [3.63, 3.8) is 0 Å². The largest absolute Gasteiger partial charge is 0.452 e. The Morgan fingerprint density at radius 1 is 1.42 bits per heavy atom. The van der Waals surface area contributed by atoms with E-state index in [4.69, 9.17) is 33.7 Å². The molecule has 0 radical (unpaired) electrons. The Hall–Kier alpha value is -2.58. The molecular formula is C16H13Cl2FN4O3. The fourth-order valence-corrected chi connectivity index (χ4v) is 3.00. The molecule has 0 unspecified atom stereocenters. The molecular weight excluding hydrogens is 386 g/mol. The predicted molar refractivity (Wildman–Crippen MR) is 94.4 cm³/mol. The van der Waals surface area contributed by atoms with E-state index < -0.39 is 23.8 Å². The fraction of sp³-hybridized carbons (Fsp3) is 0.188. The first kappa shape index (κ1) is 18.2. The summed E-state index contributed by atoms with van der Waals surface area (Å²) in [7, 11) is 1.48. The molecule has 0 saturated carbocycles. The average molecular weight is 399 g/mol. The van der Waals surface area contributed by atoms with Gasteiger partial charge < -0.3 is 20.7 Å². The van der Waals surface area contributed by atoms with E-state index in [1.807, 2.05) is 0 Å². The zero-order valence-corrected chi connectivity index (χ0v) is 14.9. The summed E-state index contributed by atoms with van der Waals surface area (Å²) in [6.45, 7) is 0. The van der Waals surface area contributed by atoms with Crippen molar-refractivity contribution < 1.29 is 18.7 Å². The molecule has 0 aliphatic carbocycles. The number of carbonyl (C=O) groups excluding carboxylic acids is 2. The van der Waals surface area contributed by atoms with Crippen molar-refractivity contribution in [3.05, 3.63) is 46.0 Å². The minimum atomic E-state index is -0.857. The summed E-state index contributed by atoms with van der Waals surface area (Å²) in [5.74, 6) is -0.813. The third-order valence-electron chi connectivity index (χ3n) is 3.82. The number of likely N-dealkylation sites (N-methyl/N-ethyl adjacent to an activating group) is 1. The van der Waals surface area contributed by atoms with E-state index in [1.165, 1.54) is 30.3 Å². The van der Waals surface area contributed by atoms with E-state index in [0.717, 1.165) is 6.07 Å². The molecule has 0 bridgehead atoms. The lowest BCUT2D eigenvalue weighted by molar-refractivity contribution is -0.120. The number of aromatic nitrogens is 1. The van der Waals surface area contributed by atoms with Gasteiger partial charge in [0.1, 0.15) is 28.3 Å². The molecule has 1 aromatic heterocycles. The van der Waals surface area contributed by atoms with Crippen LogP contribution in [0.2, 0.25) is 10.0 Å². The molecule has 3 N–H and O–H groups in total. The van der Waals surface area contributed by atoms with E-state index in [1.54, 1.807) is 0 Å². The van der Waals surface area contributed by atoms with Crippen molar-refractivity contribution in [3.8, 4) is 11.5 Å². The van der Waals surface area contributed by atoms with Crippen LogP contribution in [0.5, 0.6) is 11.5 Å². The highest BCUT2D eigenvalue weighted by atomic mass is 35.5. The van der Waals surface area contributed by atoms with Crippen molar-refractivity contribution in [1.82, 2.24) is 10.3 Å². The summed E-state index contributed by atoms with van der Waals surface area (Å²) in [4.78, 5) is 29.0. The van der Waals surface area contributed by atoms with Gasteiger partial charge in [0.25, 0.3) is 0 Å². The predicted octanol–water partition coefficient (Wildman–Crippen LogP) is 2.88. The molecule has 0 fully saturated rings. The highest BCUT2D eigenvalue weighted by Crippen LogP contribution is 2.43. The van der Waals surface area contributed by atoms with Gasteiger partial charge in [-0.15, -0.1) is 0 Å². The standard InChI is InChI=1S/C16H13Cl2FN4O3/c1-23-13-10(5-11(15(23)24)22-16(20)25)21-6-9(18)14(13)26-12-4-7(19)2-3-8(12)17/h2-4,6,11H,5H2,1H3,(H3,20,22,25)/t11-/m1/s1. The maximum atomic E-state index is 13.5. The number of primary amides is 1. The number of halogens is 3. The summed E-state index contributed by atoms with van der Waals surface area (Å²) in [5, 5.41) is 2.65. The van der Waals surface area contributed by atoms with E-state index in [2.05, 4.69) is 10.3 Å². The minimum Gasteiger partial charge on any atom is -0.452 e. The maximum absolute atomic E-state index is 13.5. The molecule has 0 spiro atoms. The van der Waals surface area contributed by atoms with Crippen LogP contribution < -0.4 is 20.7 Å². The lowest BCUT2D eigenvalue weighted by Gasteiger charge is -2.32. The molecule has 7 nitrogen and oxygen atoms in total. The van der Waals surface area contributed by atoms with E-state index in [9.17, 15) is 14.0 Å². The quantitative estimate of drug-likeness (QED) is 0.830. The first-order valence-electron chi connectivity index (χ1n) is 7.41. The summed E-state index contributed by atoms with van der Waals surface area (Å²) in [5.41, 5.74) is 5.87. The van der Waals surface area contributed by atoms with Crippen LogP contribution in [0.1, 0.15) is 5.69 Å². The Morgan fingerprint density at radius 2 is 2.15 bits per heavy atom. The number of benzene rings is 1. The van der Waals surface area contributed by atoms with Crippen LogP contribution in [0.4, 0.5) is 14.9 Å². The van der Waals surface area contributed by atoms with Gasteiger partial charge in [-0.25, -0.2) is 9.18 Å². The van der Waals surface area contributed by atoms with Gasteiger partial charge in [0, 0.05) is 25.7 Å². The zero-order chi connectivity index (χ0) is 19.0. The molecule has 10 heteroatoms. The zero-order valence-electron chi connectivity index (χ0n) is 13.4.